The number of hydrogen-bond acceptors (Lipinski definition) is 3. The van der Waals surface area contributed by atoms with Gasteiger partial charge in [-0.25, -0.2) is 0 Å². The van der Waals surface area contributed by atoms with Crippen molar-refractivity contribution in [2.75, 3.05) is 26.2 Å². The highest BCUT2D eigenvalue weighted by molar-refractivity contribution is 5.75. The highest BCUT2D eigenvalue weighted by Crippen LogP contribution is 2.17. The fraction of sp³-hybridized carbons (Fsp3) is 0.929. The number of nitrogens with one attached hydrogen (secondary N) is 1. The van der Waals surface area contributed by atoms with E-state index in [2.05, 4.69) is 17.1 Å². The number of amides is 1. The van der Waals surface area contributed by atoms with Crippen LogP contribution in [0.2, 0.25) is 0 Å². The molecule has 1 aliphatic rings. The predicted octanol–water partition coefficient (Wildman–Crippen LogP) is 1.50. The molecule has 1 fully saturated rings. The molecule has 0 aromatic heterocycles. The molecule has 0 aromatic carbocycles. The number of likely N-dealkylation sites (tertiary alicyclic amines) is 1. The molecule has 1 saturated heterocycles. The predicted molar refractivity (Wildman–Crippen MR) is 75.4 cm³/mol. The number of carbonyl (C=O) groups is 1. The Morgan fingerprint density at radius 3 is 2.94 bits per heavy atom. The lowest BCUT2D eigenvalue weighted by atomic mass is 10.0. The molecule has 0 spiro atoms. The van der Waals surface area contributed by atoms with Crippen LogP contribution in [0.3, 0.4) is 0 Å². The molecule has 106 valence electrons. The number of hydrogen-bond donors (Lipinski definition) is 2. The van der Waals surface area contributed by atoms with E-state index >= 15 is 0 Å². The van der Waals surface area contributed by atoms with Crippen molar-refractivity contribution in [1.82, 2.24) is 10.2 Å². The standard InChI is InChI=1S/C14H29N3O/c1-2-3-10-17-11-5-4-7-13(17)12-16-14(18)8-6-9-15/h13H,2-12,15H2,1H3,(H,16,18). The molecular formula is C14H29N3O. The smallest absolute Gasteiger partial charge is 0.220 e. The lowest BCUT2D eigenvalue weighted by Gasteiger charge is -2.35. The molecule has 0 bridgehead atoms. The molecule has 0 radical (unpaired) electrons. The van der Waals surface area contributed by atoms with Gasteiger partial charge in [0.05, 0.1) is 0 Å². The van der Waals surface area contributed by atoms with E-state index in [0.717, 1.165) is 13.0 Å². The minimum atomic E-state index is 0.154. The summed E-state index contributed by atoms with van der Waals surface area (Å²) < 4.78 is 0. The number of rotatable bonds is 8. The van der Waals surface area contributed by atoms with Gasteiger partial charge < -0.3 is 11.1 Å². The van der Waals surface area contributed by atoms with E-state index in [1.807, 2.05) is 0 Å². The number of piperidine rings is 1. The molecule has 1 atom stereocenters. The van der Waals surface area contributed by atoms with Crippen LogP contribution in [0.5, 0.6) is 0 Å². The Balaban J connectivity index is 2.26. The molecule has 1 unspecified atom stereocenters. The molecule has 0 saturated carbocycles. The van der Waals surface area contributed by atoms with Crippen molar-refractivity contribution in [3.63, 3.8) is 0 Å². The largest absolute Gasteiger partial charge is 0.355 e. The van der Waals surface area contributed by atoms with Crippen molar-refractivity contribution in [2.24, 2.45) is 5.73 Å². The fourth-order valence-electron chi connectivity index (χ4n) is 2.53. The zero-order valence-corrected chi connectivity index (χ0v) is 11.8. The first-order valence-electron chi connectivity index (χ1n) is 7.48. The maximum atomic E-state index is 11.6. The second kappa shape index (κ2) is 9.34. The van der Waals surface area contributed by atoms with Gasteiger partial charge in [-0.05, 0) is 45.3 Å². The number of unbranched alkanes of at least 4 members (excludes halogenated alkanes) is 1. The third-order valence-electron chi connectivity index (χ3n) is 3.69. The second-order valence-corrected chi connectivity index (χ2v) is 5.24. The zero-order chi connectivity index (χ0) is 13.2. The topological polar surface area (TPSA) is 58.4 Å². The van der Waals surface area contributed by atoms with E-state index < -0.39 is 0 Å². The van der Waals surface area contributed by atoms with Gasteiger partial charge in [-0.2, -0.15) is 0 Å². The van der Waals surface area contributed by atoms with Crippen molar-refractivity contribution < 1.29 is 4.79 Å². The van der Waals surface area contributed by atoms with Crippen molar-refractivity contribution >= 4 is 5.91 Å². The molecule has 1 rings (SSSR count). The molecule has 1 aliphatic heterocycles. The Kier molecular flexibility index (Phi) is 8.01. The van der Waals surface area contributed by atoms with Gasteiger partial charge in [0.15, 0.2) is 0 Å². The van der Waals surface area contributed by atoms with E-state index in [1.54, 1.807) is 0 Å². The Bertz CT molecular complexity index is 233. The summed E-state index contributed by atoms with van der Waals surface area (Å²) in [4.78, 5) is 14.1. The SMILES string of the molecule is CCCCN1CCCCC1CNC(=O)CCCN. The van der Waals surface area contributed by atoms with Crippen LogP contribution in [-0.2, 0) is 4.79 Å². The molecule has 1 amide bonds. The summed E-state index contributed by atoms with van der Waals surface area (Å²) in [7, 11) is 0. The lowest BCUT2D eigenvalue weighted by molar-refractivity contribution is -0.121. The highest BCUT2D eigenvalue weighted by atomic mass is 16.1. The quantitative estimate of drug-likeness (QED) is 0.691. The summed E-state index contributed by atoms with van der Waals surface area (Å²) in [6.07, 6.45) is 7.69. The zero-order valence-electron chi connectivity index (χ0n) is 11.8. The molecule has 3 N–H and O–H groups in total. The van der Waals surface area contributed by atoms with E-state index in [0.29, 0.717) is 19.0 Å². The summed E-state index contributed by atoms with van der Waals surface area (Å²) >= 11 is 0. The molecule has 4 nitrogen and oxygen atoms in total. The Hall–Kier alpha value is -0.610. The van der Waals surface area contributed by atoms with Crippen molar-refractivity contribution in [2.45, 2.75) is 57.9 Å². The summed E-state index contributed by atoms with van der Waals surface area (Å²) in [5, 5.41) is 3.06. The van der Waals surface area contributed by atoms with Crippen LogP contribution in [0.1, 0.15) is 51.9 Å². The van der Waals surface area contributed by atoms with Gasteiger partial charge in [0.1, 0.15) is 0 Å². The molecule has 4 heteroatoms. The molecule has 0 aliphatic carbocycles. The average Bonchev–Trinajstić information content (AvgIpc) is 2.41. The van der Waals surface area contributed by atoms with Gasteiger partial charge in [-0.1, -0.05) is 19.8 Å². The minimum absolute atomic E-state index is 0.154. The molecule has 18 heavy (non-hydrogen) atoms. The average molecular weight is 255 g/mol. The number of carbonyl (C=O) groups excluding carboxylic acids is 1. The summed E-state index contributed by atoms with van der Waals surface area (Å²) in [6, 6.07) is 0.548. The van der Waals surface area contributed by atoms with Crippen molar-refractivity contribution in [3.05, 3.63) is 0 Å². The van der Waals surface area contributed by atoms with Gasteiger partial charge in [0.25, 0.3) is 0 Å². The Labute approximate surface area is 111 Å². The summed E-state index contributed by atoms with van der Waals surface area (Å²) in [6.45, 7) is 6.02. The fourth-order valence-corrected chi connectivity index (χ4v) is 2.53. The van der Waals surface area contributed by atoms with Crippen molar-refractivity contribution in [1.29, 1.82) is 0 Å². The molecule has 0 aromatic rings. The van der Waals surface area contributed by atoms with Crippen LogP contribution >= 0.6 is 0 Å². The summed E-state index contributed by atoms with van der Waals surface area (Å²) in [5.41, 5.74) is 5.40. The number of nitrogens with zero attached hydrogens (tertiary/aromatic N) is 1. The van der Waals surface area contributed by atoms with Crippen LogP contribution in [-0.4, -0.2) is 43.0 Å². The van der Waals surface area contributed by atoms with Gasteiger partial charge >= 0.3 is 0 Å². The van der Waals surface area contributed by atoms with E-state index in [-0.39, 0.29) is 5.91 Å². The first kappa shape index (κ1) is 15.4. The second-order valence-electron chi connectivity index (χ2n) is 5.24. The van der Waals surface area contributed by atoms with Crippen LogP contribution in [0, 0.1) is 0 Å². The maximum Gasteiger partial charge on any atom is 0.220 e. The lowest BCUT2D eigenvalue weighted by Crippen LogP contribution is -2.47. The first-order valence-corrected chi connectivity index (χ1v) is 7.48. The number of nitrogens with two attached hydrogens (primary N) is 1. The van der Waals surface area contributed by atoms with Crippen LogP contribution in [0.15, 0.2) is 0 Å². The third kappa shape index (κ3) is 5.83. The van der Waals surface area contributed by atoms with E-state index in [4.69, 9.17) is 5.73 Å². The van der Waals surface area contributed by atoms with Gasteiger partial charge in [0, 0.05) is 19.0 Å². The van der Waals surface area contributed by atoms with Crippen LogP contribution < -0.4 is 11.1 Å². The van der Waals surface area contributed by atoms with E-state index in [1.165, 1.54) is 45.2 Å². The van der Waals surface area contributed by atoms with Crippen molar-refractivity contribution in [3.8, 4) is 0 Å². The normalized spacial score (nSPS) is 20.9. The van der Waals surface area contributed by atoms with Gasteiger partial charge in [-0.15, -0.1) is 0 Å². The molecule has 1 heterocycles. The Morgan fingerprint density at radius 1 is 1.39 bits per heavy atom. The highest BCUT2D eigenvalue weighted by Gasteiger charge is 2.21. The monoisotopic (exact) mass is 255 g/mol. The minimum Gasteiger partial charge on any atom is -0.355 e. The molecular weight excluding hydrogens is 226 g/mol. The van der Waals surface area contributed by atoms with Gasteiger partial charge in [-0.3, -0.25) is 9.69 Å². The third-order valence-corrected chi connectivity index (χ3v) is 3.69. The summed E-state index contributed by atoms with van der Waals surface area (Å²) in [5.74, 6) is 0.154. The van der Waals surface area contributed by atoms with Gasteiger partial charge in [0.2, 0.25) is 5.91 Å². The van der Waals surface area contributed by atoms with Crippen LogP contribution in [0.25, 0.3) is 0 Å². The van der Waals surface area contributed by atoms with Crippen LogP contribution in [0.4, 0.5) is 0 Å². The first-order chi connectivity index (χ1) is 8.77. The van der Waals surface area contributed by atoms with E-state index in [9.17, 15) is 4.79 Å². The maximum absolute atomic E-state index is 11.6. The Morgan fingerprint density at radius 2 is 2.22 bits per heavy atom.